The molecule has 4 unspecified atom stereocenters. The summed E-state index contributed by atoms with van der Waals surface area (Å²) < 4.78 is 0. The van der Waals surface area contributed by atoms with E-state index in [9.17, 15) is 0 Å². The molecule has 4 atom stereocenters. The van der Waals surface area contributed by atoms with Crippen molar-refractivity contribution in [3.63, 3.8) is 0 Å². The van der Waals surface area contributed by atoms with Crippen molar-refractivity contribution in [3.8, 4) is 0 Å². The summed E-state index contributed by atoms with van der Waals surface area (Å²) in [6.45, 7) is 15.5. The van der Waals surface area contributed by atoms with E-state index in [0.29, 0.717) is 6.04 Å². The van der Waals surface area contributed by atoms with Crippen LogP contribution < -0.4 is 5.32 Å². The van der Waals surface area contributed by atoms with Crippen molar-refractivity contribution < 1.29 is 0 Å². The van der Waals surface area contributed by atoms with E-state index in [0.717, 1.165) is 24.4 Å². The van der Waals surface area contributed by atoms with Gasteiger partial charge in [-0.3, -0.25) is 0 Å². The molecule has 0 amide bonds. The first-order chi connectivity index (χ1) is 8.54. The van der Waals surface area contributed by atoms with Crippen LogP contribution in [0.5, 0.6) is 0 Å². The van der Waals surface area contributed by atoms with Gasteiger partial charge in [-0.1, -0.05) is 20.8 Å². The molecule has 0 radical (unpaired) electrons. The van der Waals surface area contributed by atoms with Crippen LogP contribution in [-0.2, 0) is 0 Å². The molecule has 1 N–H and O–H groups in total. The van der Waals surface area contributed by atoms with Crippen LogP contribution in [0, 0.1) is 11.8 Å². The smallest absolute Gasteiger partial charge is 0.00927 e. The van der Waals surface area contributed by atoms with Crippen LogP contribution in [0.3, 0.4) is 0 Å². The molecule has 0 aliphatic carbocycles. The van der Waals surface area contributed by atoms with E-state index < -0.39 is 0 Å². The third-order valence-corrected chi connectivity index (χ3v) is 4.55. The Kier molecular flexibility index (Phi) is 7.25. The summed E-state index contributed by atoms with van der Waals surface area (Å²) in [6.07, 6.45) is 5.29. The molecule has 0 saturated carbocycles. The lowest BCUT2D eigenvalue weighted by molar-refractivity contribution is 0.0776. The van der Waals surface area contributed by atoms with Gasteiger partial charge in [0.2, 0.25) is 0 Å². The van der Waals surface area contributed by atoms with Crippen molar-refractivity contribution in [2.45, 2.75) is 72.4 Å². The zero-order chi connectivity index (χ0) is 13.5. The summed E-state index contributed by atoms with van der Waals surface area (Å²) in [5, 5.41) is 3.58. The molecule has 18 heavy (non-hydrogen) atoms. The highest BCUT2D eigenvalue weighted by atomic mass is 15.2. The average molecular weight is 254 g/mol. The number of rotatable bonds is 7. The molecule has 0 bridgehead atoms. The highest BCUT2D eigenvalue weighted by Crippen LogP contribution is 2.26. The number of likely N-dealkylation sites (tertiary alicyclic amines) is 1. The monoisotopic (exact) mass is 254 g/mol. The van der Waals surface area contributed by atoms with Gasteiger partial charge in [-0.25, -0.2) is 0 Å². The maximum Gasteiger partial charge on any atom is 0.00927 e. The lowest BCUT2D eigenvalue weighted by Crippen LogP contribution is -2.46. The molecule has 1 rings (SSSR count). The molecule has 2 nitrogen and oxygen atoms in total. The van der Waals surface area contributed by atoms with Gasteiger partial charge in [-0.15, -0.1) is 0 Å². The quantitative estimate of drug-likeness (QED) is 0.748. The zero-order valence-electron chi connectivity index (χ0n) is 13.2. The third kappa shape index (κ3) is 5.27. The Bertz CT molecular complexity index is 217. The molecule has 1 saturated heterocycles. The predicted octanol–water partition coefficient (Wildman–Crippen LogP) is 3.52. The second kappa shape index (κ2) is 8.16. The van der Waals surface area contributed by atoms with Gasteiger partial charge in [0.15, 0.2) is 0 Å². The van der Waals surface area contributed by atoms with Crippen LogP contribution >= 0.6 is 0 Å². The highest BCUT2D eigenvalue weighted by Gasteiger charge is 2.28. The molecule has 0 aromatic heterocycles. The van der Waals surface area contributed by atoms with Gasteiger partial charge in [-0.05, 0) is 64.5 Å². The van der Waals surface area contributed by atoms with Gasteiger partial charge in [-0.2, -0.15) is 0 Å². The minimum absolute atomic E-state index is 0.680. The van der Waals surface area contributed by atoms with Crippen LogP contribution in [0.25, 0.3) is 0 Å². The van der Waals surface area contributed by atoms with Crippen molar-refractivity contribution in [3.05, 3.63) is 0 Å². The Morgan fingerprint density at radius 1 is 1.28 bits per heavy atom. The standard InChI is InChI=1S/C16H34N2/c1-6-9-17-15(4)8-7-10-18-12-13(2)11-14(3)16(18)5/h13-17H,6-12H2,1-5H3. The van der Waals surface area contributed by atoms with Gasteiger partial charge in [0.05, 0.1) is 0 Å². The fourth-order valence-electron chi connectivity index (χ4n) is 3.22. The van der Waals surface area contributed by atoms with Crippen LogP contribution in [0.1, 0.15) is 60.3 Å². The predicted molar refractivity (Wildman–Crippen MR) is 81.0 cm³/mol. The fourth-order valence-corrected chi connectivity index (χ4v) is 3.22. The molecule has 0 aromatic carbocycles. The van der Waals surface area contributed by atoms with Gasteiger partial charge >= 0.3 is 0 Å². The topological polar surface area (TPSA) is 15.3 Å². The van der Waals surface area contributed by atoms with E-state index >= 15 is 0 Å². The lowest BCUT2D eigenvalue weighted by Gasteiger charge is -2.41. The van der Waals surface area contributed by atoms with Crippen LogP contribution in [0.15, 0.2) is 0 Å². The molecule has 108 valence electrons. The third-order valence-electron chi connectivity index (χ3n) is 4.55. The first-order valence-corrected chi connectivity index (χ1v) is 8.02. The maximum atomic E-state index is 3.58. The number of hydrogen-bond acceptors (Lipinski definition) is 2. The van der Waals surface area contributed by atoms with Gasteiger partial charge in [0, 0.05) is 18.6 Å². The van der Waals surface area contributed by atoms with Gasteiger partial charge in [0.25, 0.3) is 0 Å². The Morgan fingerprint density at radius 2 is 2.00 bits per heavy atom. The first kappa shape index (κ1) is 16.0. The average Bonchev–Trinajstić information content (AvgIpc) is 2.32. The van der Waals surface area contributed by atoms with Crippen molar-refractivity contribution >= 4 is 0 Å². The Labute approximate surface area is 115 Å². The number of nitrogens with zero attached hydrogens (tertiary/aromatic N) is 1. The first-order valence-electron chi connectivity index (χ1n) is 8.02. The SMILES string of the molecule is CCCNC(C)CCCN1CC(C)CC(C)C1C. The second-order valence-electron chi connectivity index (χ2n) is 6.55. The summed E-state index contributed by atoms with van der Waals surface area (Å²) in [6, 6.07) is 1.46. The molecule has 0 aromatic rings. The molecule has 1 aliphatic rings. The molecule has 2 heteroatoms. The largest absolute Gasteiger partial charge is 0.314 e. The minimum Gasteiger partial charge on any atom is -0.314 e. The number of hydrogen-bond donors (Lipinski definition) is 1. The summed E-state index contributed by atoms with van der Waals surface area (Å²) in [5.74, 6) is 1.75. The van der Waals surface area contributed by atoms with Crippen molar-refractivity contribution in [2.24, 2.45) is 11.8 Å². The molecule has 0 spiro atoms. The lowest BCUT2D eigenvalue weighted by atomic mass is 9.86. The Hall–Kier alpha value is -0.0800. The van der Waals surface area contributed by atoms with E-state index in [-0.39, 0.29) is 0 Å². The molecule has 1 heterocycles. The van der Waals surface area contributed by atoms with E-state index in [1.165, 1.54) is 38.8 Å². The molecule has 1 fully saturated rings. The summed E-state index contributed by atoms with van der Waals surface area (Å²) in [7, 11) is 0. The Balaban J connectivity index is 2.21. The second-order valence-corrected chi connectivity index (χ2v) is 6.55. The zero-order valence-corrected chi connectivity index (χ0v) is 13.2. The van der Waals surface area contributed by atoms with E-state index in [1.54, 1.807) is 0 Å². The van der Waals surface area contributed by atoms with Crippen molar-refractivity contribution in [2.75, 3.05) is 19.6 Å². The van der Waals surface area contributed by atoms with E-state index in [2.05, 4.69) is 44.8 Å². The van der Waals surface area contributed by atoms with Crippen molar-refractivity contribution in [1.82, 2.24) is 10.2 Å². The van der Waals surface area contributed by atoms with E-state index in [1.807, 2.05) is 0 Å². The van der Waals surface area contributed by atoms with Crippen LogP contribution in [-0.4, -0.2) is 36.6 Å². The maximum absolute atomic E-state index is 3.58. The van der Waals surface area contributed by atoms with Gasteiger partial charge in [0.1, 0.15) is 0 Å². The van der Waals surface area contributed by atoms with Crippen LogP contribution in [0.2, 0.25) is 0 Å². The molecule has 1 aliphatic heterocycles. The van der Waals surface area contributed by atoms with E-state index in [4.69, 9.17) is 0 Å². The number of piperidine rings is 1. The van der Waals surface area contributed by atoms with Crippen molar-refractivity contribution in [1.29, 1.82) is 0 Å². The van der Waals surface area contributed by atoms with Crippen LogP contribution in [0.4, 0.5) is 0 Å². The normalized spacial score (nSPS) is 31.5. The summed E-state index contributed by atoms with van der Waals surface area (Å²) >= 11 is 0. The summed E-state index contributed by atoms with van der Waals surface area (Å²) in [4.78, 5) is 2.71. The highest BCUT2D eigenvalue weighted by molar-refractivity contribution is 4.82. The summed E-state index contributed by atoms with van der Waals surface area (Å²) in [5.41, 5.74) is 0. The Morgan fingerprint density at radius 3 is 2.67 bits per heavy atom. The minimum atomic E-state index is 0.680. The number of nitrogens with one attached hydrogen (secondary N) is 1. The van der Waals surface area contributed by atoms with Gasteiger partial charge < -0.3 is 10.2 Å². The molecular weight excluding hydrogens is 220 g/mol. The fraction of sp³-hybridized carbons (Fsp3) is 1.00. The molecular formula is C16H34N2.